The second kappa shape index (κ2) is 6.06. The van der Waals surface area contributed by atoms with Crippen LogP contribution in [0.25, 0.3) is 5.57 Å². The van der Waals surface area contributed by atoms with Crippen molar-refractivity contribution in [3.8, 4) is 5.75 Å². The fourth-order valence-corrected chi connectivity index (χ4v) is 2.50. The highest BCUT2D eigenvalue weighted by atomic mass is 16.5. The van der Waals surface area contributed by atoms with Crippen LogP contribution in [0.1, 0.15) is 25.0 Å². The smallest absolute Gasteiger partial charge is 0.298 e. The normalized spacial score (nSPS) is 16.4. The molecule has 3 heteroatoms. The van der Waals surface area contributed by atoms with Crippen molar-refractivity contribution in [2.75, 3.05) is 7.05 Å². The van der Waals surface area contributed by atoms with Crippen LogP contribution < -0.4 is 4.74 Å². The molecule has 0 bridgehead atoms. The number of ether oxygens (including phenoxy) is 1. The number of para-hydroxylation sites is 2. The lowest BCUT2D eigenvalue weighted by atomic mass is 10.1. The molecule has 0 spiro atoms. The van der Waals surface area contributed by atoms with Gasteiger partial charge in [0.05, 0.1) is 12.2 Å². The third-order valence-corrected chi connectivity index (χ3v) is 3.89. The van der Waals surface area contributed by atoms with Crippen molar-refractivity contribution in [1.82, 2.24) is 4.90 Å². The molecule has 2 aromatic rings. The molecular formula is C19H20N2O. The SMILES string of the molecule is C/C=C(/C)c1ccccc1N=C1Oc2ccccc2CN1C. The first kappa shape index (κ1) is 14.4. The molecule has 3 nitrogen and oxygen atoms in total. The standard InChI is InChI=1S/C19H20N2O/c1-4-14(2)16-10-6-7-11-17(16)20-19-21(3)13-15-9-5-8-12-18(15)22-19/h4-12H,13H2,1-3H3/b14-4-,20-19?. The Morgan fingerprint density at radius 3 is 2.68 bits per heavy atom. The number of amidine groups is 1. The molecule has 0 atom stereocenters. The zero-order chi connectivity index (χ0) is 15.5. The lowest BCUT2D eigenvalue weighted by molar-refractivity contribution is 0.346. The van der Waals surface area contributed by atoms with Crippen molar-refractivity contribution in [1.29, 1.82) is 0 Å². The van der Waals surface area contributed by atoms with Crippen LogP contribution in [-0.4, -0.2) is 18.0 Å². The summed E-state index contributed by atoms with van der Waals surface area (Å²) in [4.78, 5) is 6.78. The van der Waals surface area contributed by atoms with Gasteiger partial charge in [-0.1, -0.05) is 42.5 Å². The van der Waals surface area contributed by atoms with Crippen molar-refractivity contribution >= 4 is 17.3 Å². The lowest BCUT2D eigenvalue weighted by Gasteiger charge is -2.27. The maximum Gasteiger partial charge on any atom is 0.298 e. The van der Waals surface area contributed by atoms with Crippen LogP contribution in [0.15, 0.2) is 59.6 Å². The zero-order valence-corrected chi connectivity index (χ0v) is 13.2. The Balaban J connectivity index is 2.00. The second-order valence-electron chi connectivity index (χ2n) is 5.45. The van der Waals surface area contributed by atoms with Gasteiger partial charge in [0.1, 0.15) is 5.75 Å². The number of benzene rings is 2. The summed E-state index contributed by atoms with van der Waals surface area (Å²) in [6.07, 6.45) is 2.10. The number of aliphatic imine (C=N–C) groups is 1. The largest absolute Gasteiger partial charge is 0.425 e. The Hall–Kier alpha value is -2.55. The maximum absolute atomic E-state index is 5.97. The van der Waals surface area contributed by atoms with Gasteiger partial charge in [0, 0.05) is 18.2 Å². The van der Waals surface area contributed by atoms with E-state index >= 15 is 0 Å². The van der Waals surface area contributed by atoms with E-state index in [4.69, 9.17) is 9.73 Å². The van der Waals surface area contributed by atoms with Gasteiger partial charge in [-0.15, -0.1) is 0 Å². The number of allylic oxidation sites excluding steroid dienone is 2. The number of fused-ring (bicyclic) bond motifs is 1. The Morgan fingerprint density at radius 1 is 1.14 bits per heavy atom. The molecule has 22 heavy (non-hydrogen) atoms. The monoisotopic (exact) mass is 292 g/mol. The zero-order valence-electron chi connectivity index (χ0n) is 13.2. The first-order valence-corrected chi connectivity index (χ1v) is 7.47. The topological polar surface area (TPSA) is 24.8 Å². The molecule has 3 rings (SSSR count). The van der Waals surface area contributed by atoms with E-state index in [1.54, 1.807) is 0 Å². The van der Waals surface area contributed by atoms with Crippen LogP contribution in [0.3, 0.4) is 0 Å². The van der Waals surface area contributed by atoms with Crippen LogP contribution in [0, 0.1) is 0 Å². The lowest BCUT2D eigenvalue weighted by Crippen LogP contribution is -2.34. The van der Waals surface area contributed by atoms with Crippen LogP contribution in [0.2, 0.25) is 0 Å². The van der Waals surface area contributed by atoms with Gasteiger partial charge in [-0.3, -0.25) is 0 Å². The predicted octanol–water partition coefficient (Wildman–Crippen LogP) is 4.62. The van der Waals surface area contributed by atoms with E-state index in [1.165, 1.54) is 11.1 Å². The summed E-state index contributed by atoms with van der Waals surface area (Å²) < 4.78 is 5.97. The molecule has 1 aliphatic heterocycles. The summed E-state index contributed by atoms with van der Waals surface area (Å²) in [5.41, 5.74) is 4.45. The van der Waals surface area contributed by atoms with Gasteiger partial charge >= 0.3 is 0 Å². The van der Waals surface area contributed by atoms with E-state index in [1.807, 2.05) is 55.3 Å². The van der Waals surface area contributed by atoms with E-state index in [9.17, 15) is 0 Å². The van der Waals surface area contributed by atoms with E-state index in [0.29, 0.717) is 6.02 Å². The average molecular weight is 292 g/mol. The van der Waals surface area contributed by atoms with Crippen molar-refractivity contribution in [3.63, 3.8) is 0 Å². The van der Waals surface area contributed by atoms with Crippen LogP contribution in [0.4, 0.5) is 5.69 Å². The minimum atomic E-state index is 0.634. The van der Waals surface area contributed by atoms with Gasteiger partial charge in [0.15, 0.2) is 0 Å². The van der Waals surface area contributed by atoms with Gasteiger partial charge < -0.3 is 9.64 Å². The third-order valence-electron chi connectivity index (χ3n) is 3.89. The third kappa shape index (κ3) is 2.75. The fourth-order valence-electron chi connectivity index (χ4n) is 2.50. The van der Waals surface area contributed by atoms with E-state index in [2.05, 4.69) is 25.1 Å². The number of hydrogen-bond donors (Lipinski definition) is 0. The predicted molar refractivity (Wildman–Crippen MR) is 91.4 cm³/mol. The van der Waals surface area contributed by atoms with Gasteiger partial charge in [-0.25, -0.2) is 0 Å². The van der Waals surface area contributed by atoms with Crippen LogP contribution in [0.5, 0.6) is 5.75 Å². The molecule has 2 aromatic carbocycles. The first-order valence-electron chi connectivity index (χ1n) is 7.47. The second-order valence-corrected chi connectivity index (χ2v) is 5.45. The molecule has 112 valence electrons. The highest BCUT2D eigenvalue weighted by Gasteiger charge is 2.20. The molecule has 0 N–H and O–H groups in total. The van der Waals surface area contributed by atoms with Crippen molar-refractivity contribution in [2.45, 2.75) is 20.4 Å². The molecule has 1 heterocycles. The number of hydrogen-bond acceptors (Lipinski definition) is 2. The Morgan fingerprint density at radius 2 is 1.86 bits per heavy atom. The highest BCUT2D eigenvalue weighted by molar-refractivity contribution is 5.84. The minimum Gasteiger partial charge on any atom is -0.425 e. The molecule has 0 radical (unpaired) electrons. The molecular weight excluding hydrogens is 272 g/mol. The molecule has 0 unspecified atom stereocenters. The summed E-state index contributed by atoms with van der Waals surface area (Å²) in [7, 11) is 2.00. The van der Waals surface area contributed by atoms with Crippen molar-refractivity contribution in [3.05, 3.63) is 65.7 Å². The van der Waals surface area contributed by atoms with Gasteiger partial charge in [0.25, 0.3) is 6.02 Å². The Labute approximate surface area is 131 Å². The number of rotatable bonds is 2. The first-order chi connectivity index (χ1) is 10.7. The maximum atomic E-state index is 5.97. The quantitative estimate of drug-likeness (QED) is 0.806. The summed E-state index contributed by atoms with van der Waals surface area (Å²) >= 11 is 0. The van der Waals surface area contributed by atoms with E-state index in [0.717, 1.165) is 23.5 Å². The molecule has 0 amide bonds. The molecule has 0 aromatic heterocycles. The minimum absolute atomic E-state index is 0.634. The highest BCUT2D eigenvalue weighted by Crippen LogP contribution is 2.29. The molecule has 0 saturated carbocycles. The Bertz CT molecular complexity index is 747. The molecule has 0 aliphatic carbocycles. The van der Waals surface area contributed by atoms with E-state index in [-0.39, 0.29) is 0 Å². The summed E-state index contributed by atoms with van der Waals surface area (Å²) in [5.74, 6) is 0.889. The van der Waals surface area contributed by atoms with E-state index < -0.39 is 0 Å². The van der Waals surface area contributed by atoms with Gasteiger partial charge in [-0.05, 0) is 31.6 Å². The molecule has 0 saturated heterocycles. The van der Waals surface area contributed by atoms with Crippen LogP contribution >= 0.6 is 0 Å². The summed E-state index contributed by atoms with van der Waals surface area (Å²) in [6, 6.07) is 16.9. The molecule has 1 aliphatic rings. The van der Waals surface area contributed by atoms with Crippen molar-refractivity contribution < 1.29 is 4.74 Å². The van der Waals surface area contributed by atoms with Crippen LogP contribution in [-0.2, 0) is 6.54 Å². The molecule has 0 fully saturated rings. The summed E-state index contributed by atoms with van der Waals surface area (Å²) in [6.45, 7) is 4.94. The fraction of sp³-hybridized carbons (Fsp3) is 0.211. The van der Waals surface area contributed by atoms with Gasteiger partial charge in [0.2, 0.25) is 0 Å². The van der Waals surface area contributed by atoms with Gasteiger partial charge in [-0.2, -0.15) is 4.99 Å². The van der Waals surface area contributed by atoms with Crippen molar-refractivity contribution in [2.24, 2.45) is 4.99 Å². The number of nitrogens with zero attached hydrogens (tertiary/aromatic N) is 2. The Kier molecular flexibility index (Phi) is 3.96. The summed E-state index contributed by atoms with van der Waals surface area (Å²) in [5, 5.41) is 0. The average Bonchev–Trinajstić information content (AvgIpc) is 2.55.